The molecule has 0 aromatic carbocycles. The van der Waals surface area contributed by atoms with E-state index in [0.717, 1.165) is 5.69 Å². The second-order valence-electron chi connectivity index (χ2n) is 3.59. The highest BCUT2D eigenvalue weighted by Gasteiger charge is 2.17. The Morgan fingerprint density at radius 3 is 2.93 bits per heavy atom. The first-order chi connectivity index (χ1) is 7.16. The summed E-state index contributed by atoms with van der Waals surface area (Å²) in [6.45, 7) is 2.43. The Labute approximate surface area is 90.1 Å². The number of nitrogens with zero attached hydrogens (tertiary/aromatic N) is 2. The van der Waals surface area contributed by atoms with Gasteiger partial charge in [-0.05, 0) is 25.1 Å². The van der Waals surface area contributed by atoms with Crippen LogP contribution in [0, 0.1) is 5.92 Å². The van der Waals surface area contributed by atoms with Crippen LogP contribution in [0.25, 0.3) is 0 Å². The van der Waals surface area contributed by atoms with Crippen LogP contribution in [0.5, 0.6) is 0 Å². The van der Waals surface area contributed by atoms with Crippen molar-refractivity contribution in [2.24, 2.45) is 11.7 Å². The van der Waals surface area contributed by atoms with Crippen molar-refractivity contribution in [1.29, 1.82) is 0 Å². The number of rotatable bonds is 4. The van der Waals surface area contributed by atoms with Gasteiger partial charge in [-0.25, -0.2) is 0 Å². The number of carbonyl (C=O) groups is 1. The van der Waals surface area contributed by atoms with E-state index in [9.17, 15) is 4.79 Å². The molecule has 4 heteroatoms. The average molecular weight is 207 g/mol. The van der Waals surface area contributed by atoms with Gasteiger partial charge in [0.1, 0.15) is 0 Å². The van der Waals surface area contributed by atoms with E-state index in [1.54, 1.807) is 24.3 Å². The van der Waals surface area contributed by atoms with Gasteiger partial charge in [0, 0.05) is 19.2 Å². The first-order valence-corrected chi connectivity index (χ1v) is 5.04. The maximum atomic E-state index is 11.9. The summed E-state index contributed by atoms with van der Waals surface area (Å²) in [5, 5.41) is 0. The summed E-state index contributed by atoms with van der Waals surface area (Å²) >= 11 is 0. The molecule has 82 valence electrons. The number of aromatic nitrogens is 1. The number of amides is 1. The van der Waals surface area contributed by atoms with Gasteiger partial charge < -0.3 is 10.6 Å². The maximum absolute atomic E-state index is 11.9. The van der Waals surface area contributed by atoms with Crippen molar-refractivity contribution in [2.45, 2.75) is 13.3 Å². The van der Waals surface area contributed by atoms with E-state index in [1.165, 1.54) is 0 Å². The summed E-state index contributed by atoms with van der Waals surface area (Å²) in [5.41, 5.74) is 6.23. The van der Waals surface area contributed by atoms with E-state index < -0.39 is 0 Å². The number of anilines is 1. The molecule has 1 heterocycles. The molecule has 1 aromatic heterocycles. The van der Waals surface area contributed by atoms with E-state index >= 15 is 0 Å². The highest BCUT2D eigenvalue weighted by atomic mass is 16.2. The highest BCUT2D eigenvalue weighted by Crippen LogP contribution is 2.14. The summed E-state index contributed by atoms with van der Waals surface area (Å²) in [6.07, 6.45) is 4.07. The predicted octanol–water partition coefficient (Wildman–Crippen LogP) is 1.03. The average Bonchev–Trinajstić information content (AvgIpc) is 2.28. The topological polar surface area (TPSA) is 59.2 Å². The van der Waals surface area contributed by atoms with E-state index in [1.807, 2.05) is 19.1 Å². The minimum absolute atomic E-state index is 0.0415. The van der Waals surface area contributed by atoms with Crippen LogP contribution in [0.1, 0.15) is 13.3 Å². The minimum atomic E-state index is -0.0415. The third-order valence-corrected chi connectivity index (χ3v) is 2.39. The van der Waals surface area contributed by atoms with Crippen LogP contribution < -0.4 is 10.6 Å². The van der Waals surface area contributed by atoms with Crippen molar-refractivity contribution in [1.82, 2.24) is 4.98 Å². The molecule has 0 spiro atoms. The van der Waals surface area contributed by atoms with Gasteiger partial charge in [0.05, 0.1) is 11.9 Å². The van der Waals surface area contributed by atoms with Gasteiger partial charge in [0.15, 0.2) is 0 Å². The van der Waals surface area contributed by atoms with Gasteiger partial charge in [-0.3, -0.25) is 9.78 Å². The van der Waals surface area contributed by atoms with Crippen molar-refractivity contribution in [3.8, 4) is 0 Å². The van der Waals surface area contributed by atoms with Gasteiger partial charge in [-0.15, -0.1) is 0 Å². The number of carbonyl (C=O) groups excluding carboxylic acids is 1. The molecule has 0 saturated carbocycles. The third kappa shape index (κ3) is 3.02. The number of hydrogen-bond donors (Lipinski definition) is 1. The summed E-state index contributed by atoms with van der Waals surface area (Å²) in [6, 6.07) is 3.67. The van der Waals surface area contributed by atoms with Crippen molar-refractivity contribution in [2.75, 3.05) is 18.5 Å². The van der Waals surface area contributed by atoms with Gasteiger partial charge in [0.2, 0.25) is 5.91 Å². The standard InChI is InChI=1S/C11H17N3O/c1-9(5-6-12)11(15)14(2)10-4-3-7-13-8-10/h3-4,7-9H,5-6,12H2,1-2H3. The molecule has 0 bridgehead atoms. The molecule has 0 radical (unpaired) electrons. The summed E-state index contributed by atoms with van der Waals surface area (Å²) in [7, 11) is 1.76. The molecule has 15 heavy (non-hydrogen) atoms. The minimum Gasteiger partial charge on any atom is -0.330 e. The smallest absolute Gasteiger partial charge is 0.229 e. The van der Waals surface area contributed by atoms with Crippen LogP contribution in [0.4, 0.5) is 5.69 Å². The lowest BCUT2D eigenvalue weighted by molar-refractivity contribution is -0.121. The van der Waals surface area contributed by atoms with Crippen LogP contribution in [-0.4, -0.2) is 24.5 Å². The lowest BCUT2D eigenvalue weighted by Gasteiger charge is -2.20. The Hall–Kier alpha value is -1.42. The molecule has 1 unspecified atom stereocenters. The molecule has 0 aliphatic carbocycles. The molecule has 0 saturated heterocycles. The largest absolute Gasteiger partial charge is 0.330 e. The predicted molar refractivity (Wildman–Crippen MR) is 60.5 cm³/mol. The van der Waals surface area contributed by atoms with Crippen molar-refractivity contribution in [3.05, 3.63) is 24.5 Å². The zero-order valence-electron chi connectivity index (χ0n) is 9.18. The first kappa shape index (κ1) is 11.7. The van der Waals surface area contributed by atoms with Crippen LogP contribution in [0.3, 0.4) is 0 Å². The van der Waals surface area contributed by atoms with Gasteiger partial charge in [0.25, 0.3) is 0 Å². The molecule has 0 aliphatic heterocycles. The molecule has 2 N–H and O–H groups in total. The Morgan fingerprint density at radius 1 is 1.67 bits per heavy atom. The molecule has 1 rings (SSSR count). The fourth-order valence-corrected chi connectivity index (χ4v) is 1.38. The van der Waals surface area contributed by atoms with Crippen molar-refractivity contribution >= 4 is 11.6 Å². The van der Waals surface area contributed by atoms with E-state index in [0.29, 0.717) is 13.0 Å². The summed E-state index contributed by atoms with van der Waals surface area (Å²) in [5.74, 6) is 0.0358. The van der Waals surface area contributed by atoms with E-state index in [2.05, 4.69) is 4.98 Å². The molecular formula is C11H17N3O. The molecular weight excluding hydrogens is 190 g/mol. The molecule has 0 fully saturated rings. The lowest BCUT2D eigenvalue weighted by Crippen LogP contribution is -2.32. The molecule has 1 amide bonds. The highest BCUT2D eigenvalue weighted by molar-refractivity contribution is 5.94. The molecule has 1 aromatic rings. The maximum Gasteiger partial charge on any atom is 0.229 e. The second-order valence-corrected chi connectivity index (χ2v) is 3.59. The van der Waals surface area contributed by atoms with Crippen LogP contribution in [0.15, 0.2) is 24.5 Å². The molecule has 0 aliphatic rings. The van der Waals surface area contributed by atoms with E-state index in [-0.39, 0.29) is 11.8 Å². The fourth-order valence-electron chi connectivity index (χ4n) is 1.38. The summed E-state index contributed by atoms with van der Waals surface area (Å²) in [4.78, 5) is 17.5. The van der Waals surface area contributed by atoms with Crippen LogP contribution >= 0.6 is 0 Å². The summed E-state index contributed by atoms with van der Waals surface area (Å²) < 4.78 is 0. The SMILES string of the molecule is CC(CCN)C(=O)N(C)c1cccnc1. The second kappa shape index (κ2) is 5.46. The normalized spacial score (nSPS) is 12.2. The number of hydrogen-bond acceptors (Lipinski definition) is 3. The third-order valence-electron chi connectivity index (χ3n) is 2.39. The first-order valence-electron chi connectivity index (χ1n) is 5.04. The van der Waals surface area contributed by atoms with Crippen LogP contribution in [-0.2, 0) is 4.79 Å². The van der Waals surface area contributed by atoms with E-state index in [4.69, 9.17) is 5.73 Å². The Morgan fingerprint density at radius 2 is 2.40 bits per heavy atom. The lowest BCUT2D eigenvalue weighted by atomic mass is 10.1. The van der Waals surface area contributed by atoms with Crippen LogP contribution in [0.2, 0.25) is 0 Å². The quantitative estimate of drug-likeness (QED) is 0.802. The Balaban J connectivity index is 2.69. The molecule has 1 atom stereocenters. The van der Waals surface area contributed by atoms with Crippen molar-refractivity contribution in [3.63, 3.8) is 0 Å². The number of nitrogens with two attached hydrogens (primary N) is 1. The van der Waals surface area contributed by atoms with Gasteiger partial charge in [-0.1, -0.05) is 6.92 Å². The molecule has 4 nitrogen and oxygen atoms in total. The monoisotopic (exact) mass is 207 g/mol. The van der Waals surface area contributed by atoms with Gasteiger partial charge in [-0.2, -0.15) is 0 Å². The van der Waals surface area contributed by atoms with Crippen molar-refractivity contribution < 1.29 is 4.79 Å². The Bertz CT molecular complexity index is 313. The number of pyridine rings is 1. The zero-order chi connectivity index (χ0) is 11.3. The van der Waals surface area contributed by atoms with Gasteiger partial charge >= 0.3 is 0 Å². The Kier molecular flexibility index (Phi) is 4.24. The zero-order valence-corrected chi connectivity index (χ0v) is 9.18. The fraction of sp³-hybridized carbons (Fsp3) is 0.455.